The van der Waals surface area contributed by atoms with Crippen molar-refractivity contribution in [3.05, 3.63) is 23.8 Å². The van der Waals surface area contributed by atoms with Crippen LogP contribution in [0.3, 0.4) is 0 Å². The SMILES string of the molecule is CO[C@@H]1CN(C)C(=O)c2cc(NC(=O)NC(C)C)ccc2OC[C@@H](C)N(CCC(F)(F)F)C[C@@H]1C. The van der Waals surface area contributed by atoms with Gasteiger partial charge in [-0.15, -0.1) is 0 Å². The van der Waals surface area contributed by atoms with Gasteiger partial charge in [0.05, 0.1) is 18.1 Å². The van der Waals surface area contributed by atoms with Crippen LogP contribution in [0.4, 0.5) is 23.7 Å². The molecule has 0 spiro atoms. The predicted octanol–water partition coefficient (Wildman–Crippen LogP) is 3.97. The lowest BCUT2D eigenvalue weighted by atomic mass is 10.0. The molecule has 35 heavy (non-hydrogen) atoms. The van der Waals surface area contributed by atoms with Crippen LogP contribution in [0.2, 0.25) is 0 Å². The Balaban J connectivity index is 2.37. The topological polar surface area (TPSA) is 83.1 Å². The van der Waals surface area contributed by atoms with Crippen molar-refractivity contribution in [1.82, 2.24) is 15.1 Å². The standard InChI is InChI=1S/C24H37F3N4O4/c1-15(2)28-23(33)29-18-7-8-20-19(11-18)22(32)30(5)13-21(34-6)16(3)12-31(17(4)14-35-20)10-9-24(25,26)27/h7-8,11,15-17,21H,9-10,12-14H2,1-6H3,(H2,28,29,33)/t16-,17+,21+/m0/s1. The molecule has 1 heterocycles. The Morgan fingerprint density at radius 3 is 2.54 bits per heavy atom. The molecule has 3 amide bonds. The van der Waals surface area contributed by atoms with Gasteiger partial charge in [0.25, 0.3) is 5.91 Å². The Hall–Kier alpha value is -2.53. The number of methoxy groups -OCH3 is 1. The average Bonchev–Trinajstić information content (AvgIpc) is 2.76. The third kappa shape index (κ3) is 8.88. The van der Waals surface area contributed by atoms with Gasteiger partial charge in [0.2, 0.25) is 0 Å². The number of likely N-dealkylation sites (N-methyl/N-ethyl adjacent to an activating group) is 1. The minimum absolute atomic E-state index is 0.0647. The lowest BCUT2D eigenvalue weighted by Crippen LogP contribution is -2.47. The number of hydrogen-bond donors (Lipinski definition) is 2. The number of anilines is 1. The lowest BCUT2D eigenvalue weighted by Gasteiger charge is -2.36. The Morgan fingerprint density at radius 2 is 1.94 bits per heavy atom. The van der Waals surface area contributed by atoms with Crippen molar-refractivity contribution in [2.75, 3.05) is 45.7 Å². The van der Waals surface area contributed by atoms with Gasteiger partial charge in [0, 0.05) is 51.6 Å². The van der Waals surface area contributed by atoms with Crippen LogP contribution >= 0.6 is 0 Å². The largest absolute Gasteiger partial charge is 0.491 e. The molecule has 1 aliphatic rings. The van der Waals surface area contributed by atoms with E-state index in [4.69, 9.17) is 9.47 Å². The maximum atomic E-state index is 13.3. The molecule has 11 heteroatoms. The summed E-state index contributed by atoms with van der Waals surface area (Å²) in [6.45, 7) is 7.89. The number of carbonyl (C=O) groups is 2. The molecule has 2 N–H and O–H groups in total. The molecular formula is C24H37F3N4O4. The molecule has 0 radical (unpaired) electrons. The molecule has 3 atom stereocenters. The van der Waals surface area contributed by atoms with Crippen molar-refractivity contribution >= 4 is 17.6 Å². The molecule has 0 saturated heterocycles. The smallest absolute Gasteiger partial charge is 0.390 e. The van der Waals surface area contributed by atoms with E-state index in [2.05, 4.69) is 10.6 Å². The number of carbonyl (C=O) groups excluding carboxylic acids is 2. The Kier molecular flexibility index (Phi) is 10.2. The van der Waals surface area contributed by atoms with E-state index < -0.39 is 18.6 Å². The molecule has 0 bridgehead atoms. The summed E-state index contributed by atoms with van der Waals surface area (Å²) < 4.78 is 50.4. The summed E-state index contributed by atoms with van der Waals surface area (Å²) in [5.74, 6) is -0.163. The number of nitrogens with zero attached hydrogens (tertiary/aromatic N) is 2. The Bertz CT molecular complexity index is 866. The molecule has 0 fully saturated rings. The second-order valence-corrected chi connectivity index (χ2v) is 9.42. The van der Waals surface area contributed by atoms with Gasteiger partial charge in [-0.05, 0) is 44.9 Å². The van der Waals surface area contributed by atoms with Crippen molar-refractivity contribution in [2.45, 2.75) is 58.5 Å². The minimum Gasteiger partial charge on any atom is -0.491 e. The summed E-state index contributed by atoms with van der Waals surface area (Å²) in [5.41, 5.74) is 0.655. The van der Waals surface area contributed by atoms with E-state index >= 15 is 0 Å². The van der Waals surface area contributed by atoms with E-state index in [0.29, 0.717) is 18.0 Å². The normalized spacial score (nSPS) is 22.6. The fourth-order valence-corrected chi connectivity index (χ4v) is 3.94. The molecule has 0 aromatic heterocycles. The first-order chi connectivity index (χ1) is 16.3. The number of halogens is 3. The molecule has 2 rings (SSSR count). The van der Waals surface area contributed by atoms with Gasteiger partial charge in [-0.25, -0.2) is 4.79 Å². The molecule has 0 aliphatic carbocycles. The van der Waals surface area contributed by atoms with Crippen LogP contribution in [0.1, 0.15) is 44.5 Å². The first kappa shape index (κ1) is 28.7. The molecule has 0 unspecified atom stereocenters. The highest BCUT2D eigenvalue weighted by Crippen LogP contribution is 2.27. The zero-order valence-corrected chi connectivity index (χ0v) is 21.2. The van der Waals surface area contributed by atoms with Gasteiger partial charge in [-0.3, -0.25) is 9.69 Å². The van der Waals surface area contributed by atoms with Gasteiger partial charge in [0.15, 0.2) is 0 Å². The number of rotatable bonds is 5. The maximum Gasteiger partial charge on any atom is 0.390 e. The fourth-order valence-electron chi connectivity index (χ4n) is 3.94. The summed E-state index contributed by atoms with van der Waals surface area (Å²) >= 11 is 0. The monoisotopic (exact) mass is 502 g/mol. The zero-order valence-electron chi connectivity index (χ0n) is 21.2. The van der Waals surface area contributed by atoms with Crippen molar-refractivity contribution in [1.29, 1.82) is 0 Å². The van der Waals surface area contributed by atoms with Crippen molar-refractivity contribution in [3.63, 3.8) is 0 Å². The van der Waals surface area contributed by atoms with Crippen LogP contribution < -0.4 is 15.4 Å². The molecule has 1 aliphatic heterocycles. The number of urea groups is 1. The summed E-state index contributed by atoms with van der Waals surface area (Å²) in [6, 6.07) is 3.93. The van der Waals surface area contributed by atoms with Crippen LogP contribution in [0.5, 0.6) is 5.75 Å². The van der Waals surface area contributed by atoms with Crippen molar-refractivity contribution in [3.8, 4) is 5.75 Å². The molecule has 1 aromatic rings. The van der Waals surface area contributed by atoms with Crippen LogP contribution in [0.25, 0.3) is 0 Å². The average molecular weight is 503 g/mol. The first-order valence-electron chi connectivity index (χ1n) is 11.7. The summed E-state index contributed by atoms with van der Waals surface area (Å²) in [7, 11) is 3.16. The molecule has 198 valence electrons. The second kappa shape index (κ2) is 12.4. The zero-order chi connectivity index (χ0) is 26.3. The third-order valence-electron chi connectivity index (χ3n) is 5.93. The number of amides is 3. The summed E-state index contributed by atoms with van der Waals surface area (Å²) in [4.78, 5) is 28.7. The summed E-state index contributed by atoms with van der Waals surface area (Å²) in [5, 5.41) is 5.42. The van der Waals surface area contributed by atoms with E-state index in [9.17, 15) is 22.8 Å². The van der Waals surface area contributed by atoms with E-state index in [0.717, 1.165) is 0 Å². The first-order valence-corrected chi connectivity index (χ1v) is 11.7. The summed E-state index contributed by atoms with van der Waals surface area (Å²) in [6.07, 6.45) is -5.57. The molecule has 1 aromatic carbocycles. The number of fused-ring (bicyclic) bond motifs is 1. The minimum atomic E-state index is -4.27. The van der Waals surface area contributed by atoms with Crippen molar-refractivity contribution in [2.24, 2.45) is 5.92 Å². The highest BCUT2D eigenvalue weighted by atomic mass is 19.4. The van der Waals surface area contributed by atoms with Gasteiger partial charge in [-0.1, -0.05) is 6.92 Å². The second-order valence-electron chi connectivity index (χ2n) is 9.42. The van der Waals surface area contributed by atoms with Crippen LogP contribution in [-0.2, 0) is 4.74 Å². The number of benzene rings is 1. The van der Waals surface area contributed by atoms with Gasteiger partial charge in [-0.2, -0.15) is 13.2 Å². The van der Waals surface area contributed by atoms with Crippen molar-refractivity contribution < 1.29 is 32.2 Å². The van der Waals surface area contributed by atoms with Crippen LogP contribution in [0.15, 0.2) is 18.2 Å². The van der Waals surface area contributed by atoms with Crippen LogP contribution in [0, 0.1) is 5.92 Å². The number of nitrogens with one attached hydrogen (secondary N) is 2. The number of ether oxygens (including phenoxy) is 2. The molecule has 8 nitrogen and oxygen atoms in total. The fraction of sp³-hybridized carbons (Fsp3) is 0.667. The highest BCUT2D eigenvalue weighted by molar-refractivity contribution is 5.99. The van der Waals surface area contributed by atoms with Gasteiger partial charge >= 0.3 is 12.2 Å². The highest BCUT2D eigenvalue weighted by Gasteiger charge is 2.32. The Labute approximate surface area is 205 Å². The van der Waals surface area contributed by atoms with Gasteiger partial charge < -0.3 is 25.0 Å². The molecular weight excluding hydrogens is 465 g/mol. The molecule has 0 saturated carbocycles. The van der Waals surface area contributed by atoms with Crippen LogP contribution in [-0.4, -0.2) is 86.5 Å². The maximum absolute atomic E-state index is 13.3. The Morgan fingerprint density at radius 1 is 1.26 bits per heavy atom. The van der Waals surface area contributed by atoms with E-state index in [1.165, 1.54) is 18.1 Å². The lowest BCUT2D eigenvalue weighted by molar-refractivity contribution is -0.140. The van der Waals surface area contributed by atoms with E-state index in [1.54, 1.807) is 31.0 Å². The van der Waals surface area contributed by atoms with E-state index in [1.807, 2.05) is 20.8 Å². The van der Waals surface area contributed by atoms with Gasteiger partial charge in [0.1, 0.15) is 12.4 Å². The third-order valence-corrected chi connectivity index (χ3v) is 5.93. The quantitative estimate of drug-likeness (QED) is 0.637. The van der Waals surface area contributed by atoms with E-state index in [-0.39, 0.29) is 55.3 Å². The predicted molar refractivity (Wildman–Crippen MR) is 128 cm³/mol. The number of alkyl halides is 3. The number of hydrogen-bond acceptors (Lipinski definition) is 5.